The minimum atomic E-state index is -0.291. The van der Waals surface area contributed by atoms with E-state index in [1.165, 1.54) is 6.08 Å². The maximum atomic E-state index is 10.6. The second-order valence-corrected chi connectivity index (χ2v) is 1.73. The maximum absolute atomic E-state index is 10.6. The highest BCUT2D eigenvalue weighted by atomic mass is 16.5. The molecule has 0 radical (unpaired) electrons. The number of amides is 1. The molecule has 0 bridgehead atoms. The summed E-state index contributed by atoms with van der Waals surface area (Å²) in [7, 11) is 0. The quantitative estimate of drug-likeness (QED) is 0.507. The summed E-state index contributed by atoms with van der Waals surface area (Å²) in [5.74, 6) is -0.291. The molecule has 1 heterocycles. The Morgan fingerprint density at radius 2 is 2.70 bits per heavy atom. The number of hydrogen-bond donors (Lipinski definition) is 1. The van der Waals surface area contributed by atoms with E-state index in [-0.39, 0.29) is 5.91 Å². The van der Waals surface area contributed by atoms with Gasteiger partial charge in [0.05, 0.1) is 6.54 Å². The van der Waals surface area contributed by atoms with Crippen LogP contribution in [0.4, 0.5) is 0 Å². The van der Waals surface area contributed by atoms with Crippen molar-refractivity contribution in [2.75, 3.05) is 13.2 Å². The van der Waals surface area contributed by atoms with Crippen molar-refractivity contribution in [3.63, 3.8) is 0 Å². The van der Waals surface area contributed by atoms with Gasteiger partial charge in [-0.05, 0) is 6.08 Å². The summed E-state index contributed by atoms with van der Waals surface area (Å²) in [5, 5.41) is 2.40. The highest BCUT2D eigenvalue weighted by molar-refractivity contribution is 6.00. The van der Waals surface area contributed by atoms with E-state index < -0.39 is 0 Å². The molecular weight excluding hydrogens is 132 g/mol. The first-order valence-corrected chi connectivity index (χ1v) is 2.93. The molecule has 0 spiro atoms. The molecular formula is C6H8N2O2. The highest BCUT2D eigenvalue weighted by Gasteiger charge is 2.07. The zero-order valence-corrected chi connectivity index (χ0v) is 5.46. The second kappa shape index (κ2) is 3.00. The van der Waals surface area contributed by atoms with Gasteiger partial charge in [-0.2, -0.15) is 0 Å². The summed E-state index contributed by atoms with van der Waals surface area (Å²) in [4.78, 5) is 14.4. The Hall–Kier alpha value is -1.32. The van der Waals surface area contributed by atoms with E-state index in [0.717, 1.165) is 0 Å². The number of rotatable bonds is 1. The Labute approximate surface area is 58.6 Å². The summed E-state index contributed by atoms with van der Waals surface area (Å²) >= 11 is 0. The first-order valence-electron chi connectivity index (χ1n) is 2.93. The minimum absolute atomic E-state index is 0.291. The zero-order valence-electron chi connectivity index (χ0n) is 5.46. The van der Waals surface area contributed by atoms with Crippen LogP contribution < -0.4 is 5.32 Å². The standard InChI is InChI=1S/C6H8N2O2/c1-2-5(9)8-6-7-3-4-10-6/h2H,1,3-4H2,(H,7,8,9). The Morgan fingerprint density at radius 1 is 1.90 bits per heavy atom. The number of nitrogens with one attached hydrogen (secondary N) is 1. The molecule has 0 atom stereocenters. The normalized spacial score (nSPS) is 15.4. The fourth-order valence-corrected chi connectivity index (χ4v) is 0.567. The van der Waals surface area contributed by atoms with Gasteiger partial charge in [0, 0.05) is 0 Å². The van der Waals surface area contributed by atoms with Crippen molar-refractivity contribution < 1.29 is 9.53 Å². The van der Waals surface area contributed by atoms with Gasteiger partial charge in [0.1, 0.15) is 6.61 Å². The van der Waals surface area contributed by atoms with E-state index in [1.807, 2.05) is 0 Å². The monoisotopic (exact) mass is 140 g/mol. The van der Waals surface area contributed by atoms with Crippen LogP contribution in [-0.2, 0) is 9.53 Å². The Morgan fingerprint density at radius 3 is 3.20 bits per heavy atom. The van der Waals surface area contributed by atoms with Crippen molar-refractivity contribution in [2.24, 2.45) is 4.99 Å². The van der Waals surface area contributed by atoms with E-state index in [1.54, 1.807) is 0 Å². The first kappa shape index (κ1) is 6.80. The summed E-state index contributed by atoms with van der Waals surface area (Å²) in [5.41, 5.74) is 0. The van der Waals surface area contributed by atoms with Crippen molar-refractivity contribution >= 4 is 11.9 Å². The van der Waals surface area contributed by atoms with Crippen LogP contribution in [0.15, 0.2) is 17.6 Å². The van der Waals surface area contributed by atoms with Crippen LogP contribution in [0, 0.1) is 0 Å². The zero-order chi connectivity index (χ0) is 7.40. The molecule has 1 aliphatic heterocycles. The van der Waals surface area contributed by atoms with Crippen molar-refractivity contribution in [1.29, 1.82) is 0 Å². The SMILES string of the molecule is C=CC(=O)NC1=NCCO1. The third kappa shape index (κ3) is 1.58. The van der Waals surface area contributed by atoms with E-state index >= 15 is 0 Å². The molecule has 0 aliphatic carbocycles. The Balaban J connectivity index is 2.37. The number of nitrogens with zero attached hydrogens (tertiary/aromatic N) is 1. The van der Waals surface area contributed by atoms with E-state index in [9.17, 15) is 4.79 Å². The lowest BCUT2D eigenvalue weighted by Crippen LogP contribution is -2.28. The van der Waals surface area contributed by atoms with Gasteiger partial charge in [0.2, 0.25) is 0 Å². The molecule has 0 unspecified atom stereocenters. The van der Waals surface area contributed by atoms with Crippen LogP contribution in [0.1, 0.15) is 0 Å². The van der Waals surface area contributed by atoms with E-state index in [2.05, 4.69) is 16.9 Å². The van der Waals surface area contributed by atoms with Crippen molar-refractivity contribution in [3.05, 3.63) is 12.7 Å². The first-order chi connectivity index (χ1) is 4.83. The molecule has 1 rings (SSSR count). The number of aliphatic imine (C=N–C) groups is 1. The van der Waals surface area contributed by atoms with Crippen molar-refractivity contribution in [2.45, 2.75) is 0 Å². The molecule has 10 heavy (non-hydrogen) atoms. The molecule has 54 valence electrons. The third-order valence-corrected chi connectivity index (χ3v) is 1.00. The van der Waals surface area contributed by atoms with Gasteiger partial charge in [-0.1, -0.05) is 6.58 Å². The molecule has 0 aromatic rings. The van der Waals surface area contributed by atoms with Crippen LogP contribution >= 0.6 is 0 Å². The van der Waals surface area contributed by atoms with E-state index in [4.69, 9.17) is 4.74 Å². The largest absolute Gasteiger partial charge is 0.463 e. The Kier molecular flexibility index (Phi) is 2.04. The van der Waals surface area contributed by atoms with Gasteiger partial charge in [0.15, 0.2) is 0 Å². The lowest BCUT2D eigenvalue weighted by Gasteiger charge is -1.98. The molecule has 0 saturated carbocycles. The topological polar surface area (TPSA) is 50.7 Å². The average Bonchev–Trinajstić information content (AvgIpc) is 2.40. The van der Waals surface area contributed by atoms with Crippen LogP contribution in [-0.4, -0.2) is 25.1 Å². The van der Waals surface area contributed by atoms with Gasteiger partial charge in [-0.25, -0.2) is 4.99 Å². The van der Waals surface area contributed by atoms with Crippen LogP contribution in [0.5, 0.6) is 0 Å². The fraction of sp³-hybridized carbons (Fsp3) is 0.333. The molecule has 1 N–H and O–H groups in total. The lowest BCUT2D eigenvalue weighted by molar-refractivity contribution is -0.115. The number of hydrogen-bond acceptors (Lipinski definition) is 3. The smallest absolute Gasteiger partial charge is 0.291 e. The fourth-order valence-electron chi connectivity index (χ4n) is 0.567. The van der Waals surface area contributed by atoms with Gasteiger partial charge in [-0.15, -0.1) is 0 Å². The summed E-state index contributed by atoms with van der Waals surface area (Å²) < 4.78 is 4.90. The van der Waals surface area contributed by atoms with Gasteiger partial charge >= 0.3 is 0 Å². The van der Waals surface area contributed by atoms with Gasteiger partial charge in [0.25, 0.3) is 11.9 Å². The van der Waals surface area contributed by atoms with Crippen LogP contribution in [0.2, 0.25) is 0 Å². The third-order valence-electron chi connectivity index (χ3n) is 1.00. The molecule has 4 heteroatoms. The molecule has 1 aliphatic rings. The molecule has 1 amide bonds. The number of carbonyl (C=O) groups is 1. The predicted octanol–water partition coefficient (Wildman–Crippen LogP) is -0.325. The molecule has 0 fully saturated rings. The van der Waals surface area contributed by atoms with Gasteiger partial charge in [-0.3, -0.25) is 10.1 Å². The number of carbonyl (C=O) groups excluding carboxylic acids is 1. The second-order valence-electron chi connectivity index (χ2n) is 1.73. The molecule has 0 aromatic carbocycles. The van der Waals surface area contributed by atoms with Crippen molar-refractivity contribution in [1.82, 2.24) is 5.32 Å². The van der Waals surface area contributed by atoms with Crippen molar-refractivity contribution in [3.8, 4) is 0 Å². The minimum Gasteiger partial charge on any atom is -0.463 e. The van der Waals surface area contributed by atoms with Crippen LogP contribution in [0.3, 0.4) is 0 Å². The maximum Gasteiger partial charge on any atom is 0.291 e. The summed E-state index contributed by atoms with van der Waals surface area (Å²) in [6, 6.07) is 0.296. The molecule has 0 aromatic heterocycles. The lowest BCUT2D eigenvalue weighted by atomic mass is 10.6. The number of ether oxygens (including phenoxy) is 1. The summed E-state index contributed by atoms with van der Waals surface area (Å²) in [6.07, 6.45) is 1.17. The molecule has 0 saturated heterocycles. The van der Waals surface area contributed by atoms with Gasteiger partial charge < -0.3 is 4.74 Å². The predicted molar refractivity (Wildman–Crippen MR) is 36.6 cm³/mol. The average molecular weight is 140 g/mol. The Bertz CT molecular complexity index is 186. The molecule has 4 nitrogen and oxygen atoms in total. The van der Waals surface area contributed by atoms with E-state index in [0.29, 0.717) is 19.2 Å². The highest BCUT2D eigenvalue weighted by Crippen LogP contribution is 1.89. The summed E-state index contributed by atoms with van der Waals surface area (Å²) in [6.45, 7) is 4.45. The van der Waals surface area contributed by atoms with Crippen LogP contribution in [0.25, 0.3) is 0 Å². The number of amidine groups is 1.